The highest BCUT2D eigenvalue weighted by Gasteiger charge is 2.20. The van der Waals surface area contributed by atoms with Gasteiger partial charge in [-0.05, 0) is 43.5 Å². The van der Waals surface area contributed by atoms with Crippen LogP contribution in [0.25, 0.3) is 11.4 Å². The standard InChI is InChI=1S/C16H19FN4/c1-10-6-12(8-13(17)7-10)16-19-14(9-15(20-16)21-18)11-4-2-3-5-11/h6-9,11H,2-5,18H2,1H3,(H,19,20,21). The fraction of sp³-hybridized carbons (Fsp3) is 0.375. The summed E-state index contributed by atoms with van der Waals surface area (Å²) in [6, 6.07) is 6.73. The Hall–Kier alpha value is -2.01. The molecule has 0 amide bonds. The molecule has 0 unspecified atom stereocenters. The van der Waals surface area contributed by atoms with Crippen molar-refractivity contribution in [1.29, 1.82) is 0 Å². The van der Waals surface area contributed by atoms with Crippen LogP contribution in [0.4, 0.5) is 10.2 Å². The lowest BCUT2D eigenvalue weighted by molar-refractivity contribution is 0.627. The van der Waals surface area contributed by atoms with Gasteiger partial charge in [0.1, 0.15) is 11.6 Å². The van der Waals surface area contributed by atoms with E-state index in [1.165, 1.54) is 25.0 Å². The normalized spacial score (nSPS) is 15.4. The molecule has 3 N–H and O–H groups in total. The number of aryl methyl sites for hydroxylation is 1. The van der Waals surface area contributed by atoms with Gasteiger partial charge in [0.15, 0.2) is 5.82 Å². The van der Waals surface area contributed by atoms with Crippen LogP contribution in [0.15, 0.2) is 24.3 Å². The average Bonchev–Trinajstić information content (AvgIpc) is 3.00. The minimum Gasteiger partial charge on any atom is -0.308 e. The number of nitrogens with zero attached hydrogens (tertiary/aromatic N) is 2. The first-order chi connectivity index (χ1) is 10.2. The number of aromatic nitrogens is 2. The first-order valence-corrected chi connectivity index (χ1v) is 7.29. The molecule has 1 heterocycles. The van der Waals surface area contributed by atoms with Crippen LogP contribution < -0.4 is 11.3 Å². The summed E-state index contributed by atoms with van der Waals surface area (Å²) in [5.41, 5.74) is 5.11. The first kappa shape index (κ1) is 13.9. The van der Waals surface area contributed by atoms with Crippen molar-refractivity contribution in [1.82, 2.24) is 9.97 Å². The summed E-state index contributed by atoms with van der Waals surface area (Å²) in [5.74, 6) is 6.78. The highest BCUT2D eigenvalue weighted by molar-refractivity contribution is 5.59. The molecule has 110 valence electrons. The first-order valence-electron chi connectivity index (χ1n) is 7.29. The van der Waals surface area contributed by atoms with Crippen LogP contribution in [-0.2, 0) is 0 Å². The number of halogens is 1. The van der Waals surface area contributed by atoms with Gasteiger partial charge in [-0.2, -0.15) is 0 Å². The van der Waals surface area contributed by atoms with Gasteiger partial charge in [0, 0.05) is 23.2 Å². The quantitative estimate of drug-likeness (QED) is 0.669. The summed E-state index contributed by atoms with van der Waals surface area (Å²) in [5, 5.41) is 0. The lowest BCUT2D eigenvalue weighted by Gasteiger charge is -2.12. The predicted octanol–water partition coefficient (Wildman–Crippen LogP) is 3.53. The Labute approximate surface area is 123 Å². The third-order valence-corrected chi connectivity index (χ3v) is 3.97. The van der Waals surface area contributed by atoms with Crippen LogP contribution in [-0.4, -0.2) is 9.97 Å². The van der Waals surface area contributed by atoms with Crippen LogP contribution in [0.3, 0.4) is 0 Å². The SMILES string of the molecule is Cc1cc(F)cc(-c2nc(NN)cc(C3CCCC3)n2)c1. The molecule has 1 aliphatic carbocycles. The van der Waals surface area contributed by atoms with Crippen molar-refractivity contribution in [2.75, 3.05) is 5.43 Å². The monoisotopic (exact) mass is 286 g/mol. The van der Waals surface area contributed by atoms with Crippen molar-refractivity contribution in [3.05, 3.63) is 41.3 Å². The van der Waals surface area contributed by atoms with Crippen molar-refractivity contribution in [2.45, 2.75) is 38.5 Å². The maximum atomic E-state index is 13.6. The Balaban J connectivity index is 2.06. The van der Waals surface area contributed by atoms with Gasteiger partial charge in [-0.3, -0.25) is 0 Å². The predicted molar refractivity (Wildman–Crippen MR) is 81.2 cm³/mol. The van der Waals surface area contributed by atoms with E-state index in [-0.39, 0.29) is 5.82 Å². The fourth-order valence-corrected chi connectivity index (χ4v) is 2.97. The summed E-state index contributed by atoms with van der Waals surface area (Å²) in [7, 11) is 0. The number of nitrogens with one attached hydrogen (secondary N) is 1. The summed E-state index contributed by atoms with van der Waals surface area (Å²) in [6.07, 6.45) is 4.74. The molecule has 3 rings (SSSR count). The van der Waals surface area contributed by atoms with Crippen LogP contribution in [0.5, 0.6) is 0 Å². The van der Waals surface area contributed by atoms with Crippen LogP contribution in [0.2, 0.25) is 0 Å². The van der Waals surface area contributed by atoms with Gasteiger partial charge < -0.3 is 5.43 Å². The highest BCUT2D eigenvalue weighted by Crippen LogP contribution is 2.34. The third kappa shape index (κ3) is 3.03. The van der Waals surface area contributed by atoms with E-state index in [2.05, 4.69) is 15.4 Å². The smallest absolute Gasteiger partial charge is 0.161 e. The summed E-state index contributed by atoms with van der Waals surface area (Å²) >= 11 is 0. The topological polar surface area (TPSA) is 63.8 Å². The number of hydrazine groups is 1. The van der Waals surface area contributed by atoms with E-state index < -0.39 is 0 Å². The fourth-order valence-electron chi connectivity index (χ4n) is 2.97. The number of hydrogen-bond donors (Lipinski definition) is 2. The second kappa shape index (κ2) is 5.77. The Kier molecular flexibility index (Phi) is 3.84. The minimum atomic E-state index is -0.276. The molecule has 0 aliphatic heterocycles. The minimum absolute atomic E-state index is 0.276. The maximum absolute atomic E-state index is 13.6. The molecule has 5 heteroatoms. The third-order valence-electron chi connectivity index (χ3n) is 3.97. The average molecular weight is 286 g/mol. The molecule has 2 aromatic rings. The second-order valence-electron chi connectivity index (χ2n) is 5.64. The lowest BCUT2D eigenvalue weighted by Crippen LogP contribution is -2.11. The van der Waals surface area contributed by atoms with Crippen molar-refractivity contribution < 1.29 is 4.39 Å². The number of rotatable bonds is 3. The zero-order chi connectivity index (χ0) is 14.8. The largest absolute Gasteiger partial charge is 0.308 e. The van der Waals surface area contributed by atoms with Crippen molar-refractivity contribution in [3.63, 3.8) is 0 Å². The van der Waals surface area contributed by atoms with E-state index >= 15 is 0 Å². The molecule has 1 aromatic heterocycles. The van der Waals surface area contributed by atoms with Crippen LogP contribution >= 0.6 is 0 Å². The zero-order valence-corrected chi connectivity index (χ0v) is 12.1. The zero-order valence-electron chi connectivity index (χ0n) is 12.1. The molecule has 0 bridgehead atoms. The molecule has 1 aromatic carbocycles. The van der Waals surface area contributed by atoms with Gasteiger partial charge in [-0.15, -0.1) is 0 Å². The van der Waals surface area contributed by atoms with E-state index in [1.54, 1.807) is 0 Å². The van der Waals surface area contributed by atoms with Gasteiger partial charge in [0.05, 0.1) is 0 Å². The van der Waals surface area contributed by atoms with E-state index in [4.69, 9.17) is 5.84 Å². The summed E-state index contributed by atoms with van der Waals surface area (Å²) in [6.45, 7) is 1.86. The van der Waals surface area contributed by atoms with E-state index in [1.807, 2.05) is 19.1 Å². The maximum Gasteiger partial charge on any atom is 0.161 e. The molecule has 1 saturated carbocycles. The Morgan fingerprint density at radius 2 is 1.90 bits per heavy atom. The molecule has 0 saturated heterocycles. The summed E-state index contributed by atoms with van der Waals surface area (Å²) in [4.78, 5) is 9.00. The number of nitrogen functional groups attached to an aromatic ring is 1. The molecule has 0 radical (unpaired) electrons. The number of benzene rings is 1. The number of hydrogen-bond acceptors (Lipinski definition) is 4. The summed E-state index contributed by atoms with van der Waals surface area (Å²) < 4.78 is 13.6. The van der Waals surface area contributed by atoms with Gasteiger partial charge in [-0.25, -0.2) is 20.2 Å². The molecule has 0 spiro atoms. The molecule has 21 heavy (non-hydrogen) atoms. The molecular formula is C16H19FN4. The Morgan fingerprint density at radius 1 is 1.14 bits per heavy atom. The molecular weight excluding hydrogens is 267 g/mol. The van der Waals surface area contributed by atoms with Gasteiger partial charge in [0.25, 0.3) is 0 Å². The molecule has 4 nitrogen and oxygen atoms in total. The molecule has 1 fully saturated rings. The van der Waals surface area contributed by atoms with Gasteiger partial charge >= 0.3 is 0 Å². The van der Waals surface area contributed by atoms with Crippen molar-refractivity contribution in [3.8, 4) is 11.4 Å². The number of anilines is 1. The van der Waals surface area contributed by atoms with Crippen LogP contribution in [0.1, 0.15) is 42.9 Å². The lowest BCUT2D eigenvalue weighted by atomic mass is 10.0. The molecule has 1 aliphatic rings. The Morgan fingerprint density at radius 3 is 2.57 bits per heavy atom. The molecule has 0 atom stereocenters. The van der Waals surface area contributed by atoms with E-state index in [0.717, 1.165) is 24.1 Å². The second-order valence-corrected chi connectivity index (χ2v) is 5.64. The van der Waals surface area contributed by atoms with Gasteiger partial charge in [-0.1, -0.05) is 12.8 Å². The van der Waals surface area contributed by atoms with Crippen molar-refractivity contribution >= 4 is 5.82 Å². The Bertz CT molecular complexity index is 630. The highest BCUT2D eigenvalue weighted by atomic mass is 19.1. The van der Waals surface area contributed by atoms with E-state index in [0.29, 0.717) is 23.1 Å². The van der Waals surface area contributed by atoms with Crippen LogP contribution in [0, 0.1) is 12.7 Å². The van der Waals surface area contributed by atoms with Gasteiger partial charge in [0.2, 0.25) is 0 Å². The van der Waals surface area contributed by atoms with Crippen molar-refractivity contribution in [2.24, 2.45) is 5.84 Å². The number of nitrogens with two attached hydrogens (primary N) is 1. The van der Waals surface area contributed by atoms with E-state index in [9.17, 15) is 4.39 Å².